The van der Waals surface area contributed by atoms with Gasteiger partial charge >= 0.3 is 17.9 Å². The number of hydrogen-bond acceptors (Lipinski definition) is 13. The van der Waals surface area contributed by atoms with Gasteiger partial charge in [-0.25, -0.2) is 0 Å². The number of carbonyl (C=O) groups is 4. The first kappa shape index (κ1) is 31.7. The Balaban J connectivity index is 2.77. The standard InChI is InChI=1S/C22H38N2O12/c1-14(25)24-19-21(35-17(4)28)20(34-16(3)27)18(13-33-15(2)26)36-22(19)32-12-11-31-10-9-30-8-7-29-6-5-23/h18-22H,5-13,23H2,1-4H3,(H,24,25)/t18-,19-,20+,21-,22-/m1/s1. The zero-order valence-electron chi connectivity index (χ0n) is 21.2. The van der Waals surface area contributed by atoms with Crippen molar-refractivity contribution in [2.75, 3.05) is 59.4 Å². The van der Waals surface area contributed by atoms with Gasteiger partial charge in [-0.15, -0.1) is 0 Å². The van der Waals surface area contributed by atoms with E-state index in [9.17, 15) is 19.2 Å². The summed E-state index contributed by atoms with van der Waals surface area (Å²) >= 11 is 0. The molecule has 0 bridgehead atoms. The lowest BCUT2D eigenvalue weighted by Crippen LogP contribution is -2.66. The molecule has 0 aromatic carbocycles. The molecule has 0 unspecified atom stereocenters. The van der Waals surface area contributed by atoms with Crippen LogP contribution in [0.2, 0.25) is 0 Å². The third-order valence-corrected chi connectivity index (χ3v) is 4.59. The molecular weight excluding hydrogens is 484 g/mol. The van der Waals surface area contributed by atoms with Crippen molar-refractivity contribution in [3.05, 3.63) is 0 Å². The number of amides is 1. The zero-order chi connectivity index (χ0) is 26.9. The quantitative estimate of drug-likeness (QED) is 0.130. The summed E-state index contributed by atoms with van der Waals surface area (Å²) in [7, 11) is 0. The van der Waals surface area contributed by atoms with Crippen LogP contribution in [0.5, 0.6) is 0 Å². The van der Waals surface area contributed by atoms with E-state index in [2.05, 4.69) is 5.32 Å². The Labute approximate surface area is 210 Å². The van der Waals surface area contributed by atoms with Crippen molar-refractivity contribution < 1.29 is 57.1 Å². The molecule has 14 heteroatoms. The normalized spacial score (nSPS) is 23.5. The van der Waals surface area contributed by atoms with E-state index in [4.69, 9.17) is 43.6 Å². The van der Waals surface area contributed by atoms with Crippen LogP contribution in [-0.2, 0) is 57.1 Å². The van der Waals surface area contributed by atoms with Crippen LogP contribution in [0.15, 0.2) is 0 Å². The number of nitrogens with one attached hydrogen (secondary N) is 1. The fourth-order valence-electron chi connectivity index (χ4n) is 3.28. The second-order valence-corrected chi connectivity index (χ2v) is 7.72. The van der Waals surface area contributed by atoms with E-state index < -0.39 is 54.5 Å². The molecule has 208 valence electrons. The molecule has 1 aliphatic heterocycles. The lowest BCUT2D eigenvalue weighted by atomic mass is 9.96. The van der Waals surface area contributed by atoms with Crippen LogP contribution in [0, 0.1) is 0 Å². The van der Waals surface area contributed by atoms with E-state index in [0.717, 1.165) is 6.92 Å². The van der Waals surface area contributed by atoms with Gasteiger partial charge in [0.2, 0.25) is 5.91 Å². The highest BCUT2D eigenvalue weighted by molar-refractivity contribution is 5.73. The first-order chi connectivity index (χ1) is 17.1. The Hall–Kier alpha value is -2.36. The molecule has 1 aliphatic rings. The SMILES string of the molecule is CC(=O)N[C@H]1[C@H](OCCOCCOCCOCCN)O[C@H](COC(C)=O)[C@H](OC(C)=O)[C@@H]1OC(C)=O. The van der Waals surface area contributed by atoms with E-state index >= 15 is 0 Å². The van der Waals surface area contributed by atoms with Gasteiger partial charge in [0.25, 0.3) is 0 Å². The lowest BCUT2D eigenvalue weighted by molar-refractivity contribution is -0.279. The molecule has 1 heterocycles. The van der Waals surface area contributed by atoms with E-state index in [0.29, 0.717) is 39.6 Å². The summed E-state index contributed by atoms with van der Waals surface area (Å²) in [4.78, 5) is 46.8. The van der Waals surface area contributed by atoms with Gasteiger partial charge in [0.1, 0.15) is 18.8 Å². The molecule has 0 aromatic rings. The van der Waals surface area contributed by atoms with E-state index in [1.165, 1.54) is 20.8 Å². The Morgan fingerprint density at radius 1 is 0.750 bits per heavy atom. The topological polar surface area (TPSA) is 180 Å². The van der Waals surface area contributed by atoms with Gasteiger partial charge in [-0.05, 0) is 0 Å². The minimum Gasteiger partial charge on any atom is -0.463 e. The second kappa shape index (κ2) is 18.0. The molecule has 14 nitrogen and oxygen atoms in total. The van der Waals surface area contributed by atoms with E-state index in [-0.39, 0.29) is 19.8 Å². The number of esters is 3. The highest BCUT2D eigenvalue weighted by Crippen LogP contribution is 2.28. The van der Waals surface area contributed by atoms with Gasteiger partial charge in [0.15, 0.2) is 18.5 Å². The maximum Gasteiger partial charge on any atom is 0.303 e. The maximum absolute atomic E-state index is 11.9. The number of hydrogen-bond donors (Lipinski definition) is 2. The highest BCUT2D eigenvalue weighted by Gasteiger charge is 2.51. The number of nitrogens with two attached hydrogens (primary N) is 1. The van der Waals surface area contributed by atoms with E-state index in [1.54, 1.807) is 0 Å². The van der Waals surface area contributed by atoms with Gasteiger partial charge in [-0.2, -0.15) is 0 Å². The highest BCUT2D eigenvalue weighted by atomic mass is 16.7. The summed E-state index contributed by atoms with van der Waals surface area (Å²) in [5.41, 5.74) is 5.32. The maximum atomic E-state index is 11.9. The van der Waals surface area contributed by atoms with Crippen molar-refractivity contribution in [1.82, 2.24) is 5.32 Å². The minimum atomic E-state index is -1.18. The molecule has 1 amide bonds. The average Bonchev–Trinajstić information content (AvgIpc) is 2.78. The molecule has 1 fully saturated rings. The van der Waals surface area contributed by atoms with Crippen molar-refractivity contribution in [2.45, 2.75) is 58.3 Å². The van der Waals surface area contributed by atoms with Crippen LogP contribution in [0.1, 0.15) is 27.7 Å². The summed E-state index contributed by atoms with van der Waals surface area (Å²) in [5.74, 6) is -2.42. The van der Waals surface area contributed by atoms with Crippen molar-refractivity contribution in [3.63, 3.8) is 0 Å². The molecule has 1 saturated heterocycles. The average molecular weight is 523 g/mol. The van der Waals surface area contributed by atoms with Gasteiger partial charge < -0.3 is 48.9 Å². The Morgan fingerprint density at radius 3 is 1.78 bits per heavy atom. The largest absolute Gasteiger partial charge is 0.463 e. The molecular formula is C22H38N2O12. The predicted octanol–water partition coefficient (Wildman–Crippen LogP) is -1.33. The fraction of sp³-hybridized carbons (Fsp3) is 0.818. The van der Waals surface area contributed by atoms with Crippen molar-refractivity contribution in [3.8, 4) is 0 Å². The summed E-state index contributed by atoms with van der Waals surface area (Å²) in [5, 5.41) is 2.62. The molecule has 0 radical (unpaired) electrons. The van der Waals surface area contributed by atoms with Crippen LogP contribution in [-0.4, -0.2) is 114 Å². The van der Waals surface area contributed by atoms with Gasteiger partial charge in [0, 0.05) is 34.2 Å². The van der Waals surface area contributed by atoms with Crippen molar-refractivity contribution >= 4 is 23.8 Å². The van der Waals surface area contributed by atoms with Gasteiger partial charge in [0.05, 0.1) is 46.2 Å². The number of rotatable bonds is 17. The van der Waals surface area contributed by atoms with Crippen LogP contribution in [0.3, 0.4) is 0 Å². The fourth-order valence-corrected chi connectivity index (χ4v) is 3.28. The minimum absolute atomic E-state index is 0.0473. The monoisotopic (exact) mass is 522 g/mol. The first-order valence-corrected chi connectivity index (χ1v) is 11.6. The molecule has 0 aliphatic carbocycles. The number of carbonyl (C=O) groups excluding carboxylic acids is 4. The Bertz CT molecular complexity index is 692. The first-order valence-electron chi connectivity index (χ1n) is 11.6. The molecule has 1 rings (SSSR count). The number of ether oxygens (including phenoxy) is 8. The molecule has 36 heavy (non-hydrogen) atoms. The van der Waals surface area contributed by atoms with Crippen molar-refractivity contribution in [2.24, 2.45) is 5.73 Å². The van der Waals surface area contributed by atoms with Gasteiger partial charge in [-0.1, -0.05) is 0 Å². The Morgan fingerprint density at radius 2 is 1.28 bits per heavy atom. The van der Waals surface area contributed by atoms with Crippen LogP contribution >= 0.6 is 0 Å². The third kappa shape index (κ3) is 13.1. The smallest absolute Gasteiger partial charge is 0.303 e. The summed E-state index contributed by atoms with van der Waals surface area (Å²) in [6.45, 7) is 7.15. The molecule has 5 atom stereocenters. The van der Waals surface area contributed by atoms with Crippen LogP contribution < -0.4 is 11.1 Å². The second-order valence-electron chi connectivity index (χ2n) is 7.72. The molecule has 0 saturated carbocycles. The molecule has 3 N–H and O–H groups in total. The predicted molar refractivity (Wildman–Crippen MR) is 121 cm³/mol. The Kier molecular flexibility index (Phi) is 15.8. The van der Waals surface area contributed by atoms with E-state index in [1.807, 2.05) is 0 Å². The zero-order valence-corrected chi connectivity index (χ0v) is 21.2. The molecule has 0 aromatic heterocycles. The summed E-state index contributed by atoms with van der Waals surface area (Å²) < 4.78 is 43.4. The summed E-state index contributed by atoms with van der Waals surface area (Å²) in [6, 6.07) is -1.03. The summed E-state index contributed by atoms with van der Waals surface area (Å²) in [6.07, 6.45) is -4.52. The van der Waals surface area contributed by atoms with Crippen LogP contribution in [0.4, 0.5) is 0 Å². The van der Waals surface area contributed by atoms with Gasteiger partial charge in [-0.3, -0.25) is 19.2 Å². The molecule has 0 spiro atoms. The van der Waals surface area contributed by atoms with Crippen molar-refractivity contribution in [1.29, 1.82) is 0 Å². The third-order valence-electron chi connectivity index (χ3n) is 4.59. The lowest BCUT2D eigenvalue weighted by Gasteiger charge is -2.44. The van der Waals surface area contributed by atoms with Crippen LogP contribution in [0.25, 0.3) is 0 Å².